The first kappa shape index (κ1) is 16.2. The molecule has 0 saturated carbocycles. The number of carbonyl (C=O) groups excluding carboxylic acids is 1. The smallest absolute Gasteiger partial charge is 0.340 e. The van der Waals surface area contributed by atoms with Gasteiger partial charge >= 0.3 is 5.97 Å². The molecule has 7 heteroatoms. The van der Waals surface area contributed by atoms with Gasteiger partial charge in [0, 0.05) is 25.4 Å². The first-order chi connectivity index (χ1) is 11.5. The van der Waals surface area contributed by atoms with Gasteiger partial charge in [-0.15, -0.1) is 0 Å². The molecule has 1 aromatic carbocycles. The number of methoxy groups -OCH3 is 2. The minimum absolute atomic E-state index is 0.186. The van der Waals surface area contributed by atoms with E-state index < -0.39 is 5.97 Å². The second-order valence-corrected chi connectivity index (χ2v) is 5.54. The summed E-state index contributed by atoms with van der Waals surface area (Å²) in [5, 5.41) is 2.72. The van der Waals surface area contributed by atoms with Crippen LogP contribution >= 0.6 is 0 Å². The van der Waals surface area contributed by atoms with Gasteiger partial charge in [0.1, 0.15) is 0 Å². The van der Waals surface area contributed by atoms with E-state index in [0.717, 1.165) is 0 Å². The van der Waals surface area contributed by atoms with Crippen molar-refractivity contribution in [2.24, 2.45) is 0 Å². The Bertz CT molecular complexity index is 872. The first-order valence-electron chi connectivity index (χ1n) is 7.75. The zero-order valence-corrected chi connectivity index (χ0v) is 14.2. The van der Waals surface area contributed by atoms with Crippen molar-refractivity contribution in [3.05, 3.63) is 33.7 Å². The van der Waals surface area contributed by atoms with Crippen molar-refractivity contribution >= 4 is 16.7 Å². The number of fused-ring (bicyclic) bond motifs is 2. The summed E-state index contributed by atoms with van der Waals surface area (Å²) in [6.07, 6.45) is 0.601. The molecule has 128 valence electrons. The van der Waals surface area contributed by atoms with Crippen molar-refractivity contribution in [2.45, 2.75) is 13.3 Å². The second-order valence-electron chi connectivity index (χ2n) is 5.54. The van der Waals surface area contributed by atoms with Gasteiger partial charge in [-0.25, -0.2) is 9.47 Å². The van der Waals surface area contributed by atoms with Gasteiger partial charge in [-0.2, -0.15) is 0 Å². The molecule has 0 unspecified atom stereocenters. The molecule has 1 aromatic heterocycles. The molecule has 2 aromatic rings. The van der Waals surface area contributed by atoms with E-state index in [4.69, 9.17) is 14.2 Å². The highest BCUT2D eigenvalue weighted by atomic mass is 16.5. The lowest BCUT2D eigenvalue weighted by molar-refractivity contribution is 0.0526. The lowest BCUT2D eigenvalue weighted by Gasteiger charge is -2.19. The average Bonchev–Trinajstić information content (AvgIpc) is 2.96. The van der Waals surface area contributed by atoms with Crippen LogP contribution in [0, 0.1) is 0 Å². The number of hydrogen-bond donors (Lipinski definition) is 0. The molecule has 0 atom stereocenters. The Labute approximate surface area is 139 Å². The SMILES string of the molecule is CCOC(=O)c1c2n(c(=O)c3cc(OC)c(OC)cc13)N(C)CC2. The predicted octanol–water partition coefficient (Wildman–Crippen LogP) is 1.32. The van der Waals surface area contributed by atoms with Crippen LogP contribution in [-0.4, -0.2) is 45.1 Å². The Morgan fingerprint density at radius 2 is 1.79 bits per heavy atom. The minimum atomic E-state index is -0.436. The zero-order valence-electron chi connectivity index (χ0n) is 14.2. The molecule has 1 aliphatic rings. The Morgan fingerprint density at radius 1 is 1.17 bits per heavy atom. The summed E-state index contributed by atoms with van der Waals surface area (Å²) in [7, 11) is 4.84. The number of likely N-dealkylation sites (N-methyl/N-ethyl adjacent to an activating group) is 1. The topological polar surface area (TPSA) is 70.0 Å². The Hall–Kier alpha value is -2.70. The zero-order chi connectivity index (χ0) is 17.4. The Kier molecular flexibility index (Phi) is 4.09. The minimum Gasteiger partial charge on any atom is -0.493 e. The van der Waals surface area contributed by atoms with E-state index >= 15 is 0 Å². The van der Waals surface area contributed by atoms with E-state index in [1.165, 1.54) is 14.2 Å². The van der Waals surface area contributed by atoms with E-state index in [1.807, 2.05) is 7.05 Å². The number of esters is 1. The summed E-state index contributed by atoms with van der Waals surface area (Å²) in [5.74, 6) is 0.470. The molecule has 0 N–H and O–H groups in total. The molecule has 0 saturated heterocycles. The third-order valence-electron chi connectivity index (χ3n) is 4.25. The lowest BCUT2D eigenvalue weighted by atomic mass is 10.0. The highest BCUT2D eigenvalue weighted by Crippen LogP contribution is 2.34. The van der Waals surface area contributed by atoms with Crippen LogP contribution < -0.4 is 20.0 Å². The molecule has 0 radical (unpaired) electrons. The number of hydrogen-bond acceptors (Lipinski definition) is 6. The monoisotopic (exact) mass is 332 g/mol. The van der Waals surface area contributed by atoms with E-state index in [2.05, 4.69) is 0 Å². The molecular weight excluding hydrogens is 312 g/mol. The predicted molar refractivity (Wildman–Crippen MR) is 90.0 cm³/mol. The molecule has 3 rings (SSSR count). The number of rotatable bonds is 4. The summed E-state index contributed by atoms with van der Waals surface area (Å²) in [4.78, 5) is 25.5. The fraction of sp³-hybridized carbons (Fsp3) is 0.412. The maximum absolute atomic E-state index is 12.9. The van der Waals surface area contributed by atoms with Crippen LogP contribution in [0.5, 0.6) is 11.5 Å². The maximum atomic E-state index is 12.9. The highest BCUT2D eigenvalue weighted by molar-refractivity contribution is 6.06. The van der Waals surface area contributed by atoms with Crippen molar-refractivity contribution < 1.29 is 19.0 Å². The molecule has 7 nitrogen and oxygen atoms in total. The van der Waals surface area contributed by atoms with Crippen molar-refractivity contribution in [3.8, 4) is 11.5 Å². The number of pyridine rings is 1. The molecule has 0 aliphatic carbocycles. The van der Waals surface area contributed by atoms with Crippen LogP contribution in [0.25, 0.3) is 10.8 Å². The van der Waals surface area contributed by atoms with Crippen LogP contribution in [0.3, 0.4) is 0 Å². The third-order valence-corrected chi connectivity index (χ3v) is 4.25. The standard InChI is InChI=1S/C17H20N2O5/c1-5-24-17(21)15-10-8-13(22-3)14(23-4)9-11(10)16(20)19-12(15)6-7-18(19)2/h8-9H,5-7H2,1-4H3. The fourth-order valence-corrected chi connectivity index (χ4v) is 3.15. The first-order valence-corrected chi connectivity index (χ1v) is 7.75. The Morgan fingerprint density at radius 3 is 2.38 bits per heavy atom. The van der Waals surface area contributed by atoms with Crippen LogP contribution in [0.2, 0.25) is 0 Å². The summed E-state index contributed by atoms with van der Waals surface area (Å²) >= 11 is 0. The quantitative estimate of drug-likeness (QED) is 0.787. The van der Waals surface area contributed by atoms with Gasteiger partial charge < -0.3 is 19.2 Å². The second kappa shape index (κ2) is 6.07. The number of benzene rings is 1. The number of carbonyl (C=O) groups is 1. The van der Waals surface area contributed by atoms with Gasteiger partial charge in [0.05, 0.1) is 37.5 Å². The number of aromatic nitrogens is 1. The molecule has 0 bridgehead atoms. The number of nitrogens with zero attached hydrogens (tertiary/aromatic N) is 2. The lowest BCUT2D eigenvalue weighted by Crippen LogP contribution is -2.36. The third kappa shape index (κ3) is 2.28. The summed E-state index contributed by atoms with van der Waals surface area (Å²) in [6, 6.07) is 3.28. The van der Waals surface area contributed by atoms with Gasteiger partial charge in [0.25, 0.3) is 5.56 Å². The average molecular weight is 332 g/mol. The molecule has 0 amide bonds. The largest absolute Gasteiger partial charge is 0.493 e. The van der Waals surface area contributed by atoms with Crippen molar-refractivity contribution in [3.63, 3.8) is 0 Å². The van der Waals surface area contributed by atoms with E-state index in [9.17, 15) is 9.59 Å². The fourth-order valence-electron chi connectivity index (χ4n) is 3.15. The van der Waals surface area contributed by atoms with Crippen molar-refractivity contribution in [1.82, 2.24) is 4.68 Å². The van der Waals surface area contributed by atoms with Crippen LogP contribution in [0.1, 0.15) is 23.0 Å². The van der Waals surface area contributed by atoms with E-state index in [1.54, 1.807) is 28.7 Å². The summed E-state index contributed by atoms with van der Waals surface area (Å²) in [5.41, 5.74) is 0.895. The van der Waals surface area contributed by atoms with E-state index in [-0.39, 0.29) is 12.2 Å². The highest BCUT2D eigenvalue weighted by Gasteiger charge is 2.29. The molecule has 2 heterocycles. The van der Waals surface area contributed by atoms with E-state index in [0.29, 0.717) is 46.5 Å². The summed E-state index contributed by atoms with van der Waals surface area (Å²) < 4.78 is 17.4. The molecule has 1 aliphatic heterocycles. The molecule has 24 heavy (non-hydrogen) atoms. The van der Waals surface area contributed by atoms with Crippen molar-refractivity contribution in [2.75, 3.05) is 39.4 Å². The van der Waals surface area contributed by atoms with Gasteiger partial charge in [-0.05, 0) is 19.1 Å². The van der Waals surface area contributed by atoms with Crippen LogP contribution in [0.4, 0.5) is 0 Å². The normalized spacial score (nSPS) is 13.1. The van der Waals surface area contributed by atoms with Gasteiger partial charge in [-0.1, -0.05) is 0 Å². The maximum Gasteiger partial charge on any atom is 0.340 e. The molecule has 0 spiro atoms. The molecule has 0 fully saturated rings. The van der Waals surface area contributed by atoms with Gasteiger partial charge in [0.15, 0.2) is 11.5 Å². The molecular formula is C17H20N2O5. The summed E-state index contributed by atoms with van der Waals surface area (Å²) in [6.45, 7) is 2.68. The van der Waals surface area contributed by atoms with Crippen LogP contribution in [-0.2, 0) is 11.2 Å². The van der Waals surface area contributed by atoms with Gasteiger partial charge in [-0.3, -0.25) is 4.79 Å². The van der Waals surface area contributed by atoms with Gasteiger partial charge in [0.2, 0.25) is 0 Å². The number of ether oxygens (including phenoxy) is 3. The van der Waals surface area contributed by atoms with Crippen molar-refractivity contribution in [1.29, 1.82) is 0 Å². The van der Waals surface area contributed by atoms with Crippen LogP contribution in [0.15, 0.2) is 16.9 Å². The Balaban J connectivity index is 2.44.